The van der Waals surface area contributed by atoms with Gasteiger partial charge in [-0.15, -0.1) is 0 Å². The third kappa shape index (κ3) is 4.57. The van der Waals surface area contributed by atoms with Gasteiger partial charge in [-0.25, -0.2) is 0 Å². The van der Waals surface area contributed by atoms with Crippen molar-refractivity contribution in [2.45, 2.75) is 0 Å². The molecule has 2 N–H and O–H groups in total. The number of likely N-dealkylation sites (N-methyl/N-ethyl adjacent to an activating group) is 1. The second-order valence-electron chi connectivity index (χ2n) is 6.63. The average molecular weight is 363 g/mol. The van der Waals surface area contributed by atoms with E-state index in [2.05, 4.69) is 10.3 Å². The number of amides is 1. The zero-order valence-electron chi connectivity index (χ0n) is 16.0. The number of H-pyrrole nitrogens is 1. The van der Waals surface area contributed by atoms with Crippen molar-refractivity contribution in [3.05, 3.63) is 66.2 Å². The smallest absolute Gasteiger partial charge is 0.253 e. The summed E-state index contributed by atoms with van der Waals surface area (Å²) in [5.41, 5.74) is 4.28. The Hall–Kier alpha value is -3.05. The predicted octanol–water partition coefficient (Wildman–Crippen LogP) is 3.65. The van der Waals surface area contributed by atoms with Crippen LogP contribution in [-0.2, 0) is 0 Å². The summed E-state index contributed by atoms with van der Waals surface area (Å²) < 4.78 is 5.32. The molecule has 0 radical (unpaired) electrons. The third-order valence-corrected chi connectivity index (χ3v) is 4.35. The van der Waals surface area contributed by atoms with Gasteiger partial charge in [-0.3, -0.25) is 4.79 Å². The highest BCUT2D eigenvalue weighted by Gasteiger charge is 2.17. The van der Waals surface area contributed by atoms with E-state index in [1.54, 1.807) is 7.11 Å². The summed E-state index contributed by atoms with van der Waals surface area (Å²) in [7, 11) is 5.62. The topological polar surface area (TPSA) is 57.4 Å². The molecule has 1 amide bonds. The Bertz CT molecular complexity index is 901. The molecule has 0 unspecified atom stereocenters. The maximum Gasteiger partial charge on any atom is 0.253 e. The summed E-state index contributed by atoms with van der Waals surface area (Å²) in [6.07, 6.45) is 0. The van der Waals surface area contributed by atoms with Crippen LogP contribution in [0.2, 0.25) is 0 Å². The largest absolute Gasteiger partial charge is 0.497 e. The molecule has 2 aromatic carbocycles. The van der Waals surface area contributed by atoms with E-state index < -0.39 is 0 Å². The lowest BCUT2D eigenvalue weighted by molar-refractivity contribution is 0.0952. The fourth-order valence-electron chi connectivity index (χ4n) is 2.90. The first-order chi connectivity index (χ1) is 13.1. The van der Waals surface area contributed by atoms with Crippen molar-refractivity contribution in [3.63, 3.8) is 0 Å². The molecule has 3 aromatic rings. The van der Waals surface area contributed by atoms with Gasteiger partial charge in [0.05, 0.1) is 18.4 Å². The van der Waals surface area contributed by atoms with Gasteiger partial charge < -0.3 is 19.9 Å². The quantitative estimate of drug-likeness (QED) is 0.674. The van der Waals surface area contributed by atoms with E-state index in [0.717, 1.165) is 34.8 Å². The maximum atomic E-state index is 12.8. The van der Waals surface area contributed by atoms with Crippen molar-refractivity contribution in [2.75, 3.05) is 34.3 Å². The number of carbonyl (C=O) groups excluding carboxylic acids is 1. The van der Waals surface area contributed by atoms with Gasteiger partial charge in [0.2, 0.25) is 0 Å². The zero-order chi connectivity index (χ0) is 19.2. The molecular weight excluding hydrogens is 338 g/mol. The molecule has 0 aliphatic rings. The molecule has 0 fully saturated rings. The van der Waals surface area contributed by atoms with Crippen LogP contribution in [0.4, 0.5) is 0 Å². The second kappa shape index (κ2) is 8.56. The first-order valence-corrected chi connectivity index (χ1v) is 8.94. The van der Waals surface area contributed by atoms with Gasteiger partial charge in [-0.2, -0.15) is 0 Å². The highest BCUT2D eigenvalue weighted by atomic mass is 16.5. The van der Waals surface area contributed by atoms with Crippen LogP contribution in [0.1, 0.15) is 10.4 Å². The van der Waals surface area contributed by atoms with Crippen molar-refractivity contribution >= 4 is 5.91 Å². The summed E-state index contributed by atoms with van der Waals surface area (Å²) in [5, 5.41) is 3.00. The summed E-state index contributed by atoms with van der Waals surface area (Å²) in [6.45, 7) is 1.39. The third-order valence-electron chi connectivity index (χ3n) is 4.35. The first kappa shape index (κ1) is 18.7. The lowest BCUT2D eigenvalue weighted by atomic mass is 10.1. The Morgan fingerprint density at radius 2 is 1.78 bits per heavy atom. The second-order valence-corrected chi connectivity index (χ2v) is 6.63. The van der Waals surface area contributed by atoms with Crippen LogP contribution in [0.25, 0.3) is 22.5 Å². The molecule has 0 aliphatic carbocycles. The molecule has 0 saturated carbocycles. The van der Waals surface area contributed by atoms with Crippen LogP contribution in [0, 0.1) is 0 Å². The molecule has 0 spiro atoms. The van der Waals surface area contributed by atoms with Gasteiger partial charge >= 0.3 is 0 Å². The average Bonchev–Trinajstić information content (AvgIpc) is 3.14. The summed E-state index contributed by atoms with van der Waals surface area (Å²) in [5.74, 6) is 0.696. The number of rotatable bonds is 7. The molecule has 0 saturated heterocycles. The summed E-state index contributed by atoms with van der Waals surface area (Å²) >= 11 is 0. The van der Waals surface area contributed by atoms with E-state index in [0.29, 0.717) is 12.1 Å². The number of hydrogen-bond acceptors (Lipinski definition) is 3. The minimum Gasteiger partial charge on any atom is -0.497 e. The highest BCUT2D eigenvalue weighted by molar-refractivity contribution is 6.01. The van der Waals surface area contributed by atoms with Crippen LogP contribution in [-0.4, -0.2) is 50.1 Å². The molecule has 5 nitrogen and oxygen atoms in total. The number of methoxy groups -OCH3 is 1. The van der Waals surface area contributed by atoms with Crippen LogP contribution >= 0.6 is 0 Å². The zero-order valence-corrected chi connectivity index (χ0v) is 16.0. The molecule has 0 bridgehead atoms. The number of aromatic amines is 1. The Morgan fingerprint density at radius 1 is 1.04 bits per heavy atom. The van der Waals surface area contributed by atoms with Crippen molar-refractivity contribution < 1.29 is 9.53 Å². The van der Waals surface area contributed by atoms with Crippen molar-refractivity contribution in [2.24, 2.45) is 0 Å². The van der Waals surface area contributed by atoms with Crippen LogP contribution < -0.4 is 10.1 Å². The van der Waals surface area contributed by atoms with Gasteiger partial charge in [-0.1, -0.05) is 42.5 Å². The van der Waals surface area contributed by atoms with Gasteiger partial charge in [0, 0.05) is 24.3 Å². The van der Waals surface area contributed by atoms with Crippen LogP contribution in [0.15, 0.2) is 60.7 Å². The number of ether oxygens (including phenoxy) is 1. The predicted molar refractivity (Wildman–Crippen MR) is 109 cm³/mol. The lowest BCUT2D eigenvalue weighted by Crippen LogP contribution is -2.31. The normalized spacial score (nSPS) is 10.8. The van der Waals surface area contributed by atoms with Crippen molar-refractivity contribution in [1.82, 2.24) is 15.2 Å². The summed E-state index contributed by atoms with van der Waals surface area (Å²) in [4.78, 5) is 18.3. The molecule has 27 heavy (non-hydrogen) atoms. The van der Waals surface area contributed by atoms with Gasteiger partial charge in [0.15, 0.2) is 0 Å². The standard InChI is InChI=1S/C22H25N3O2/c1-25(2)13-12-23-22(26)19-15-20(17-10-7-11-18(14-17)27-3)24-21(19)16-8-5-4-6-9-16/h4-11,14-15,24H,12-13H2,1-3H3,(H,23,26). The molecule has 1 aromatic heterocycles. The van der Waals surface area contributed by atoms with E-state index >= 15 is 0 Å². The molecule has 1 heterocycles. The van der Waals surface area contributed by atoms with Crippen molar-refractivity contribution in [1.29, 1.82) is 0 Å². The Balaban J connectivity index is 1.97. The van der Waals surface area contributed by atoms with Gasteiger partial charge in [-0.05, 0) is 37.9 Å². The maximum absolute atomic E-state index is 12.8. The molecule has 0 atom stereocenters. The van der Waals surface area contributed by atoms with Gasteiger partial charge in [0.1, 0.15) is 5.75 Å². The molecular formula is C22H25N3O2. The number of aromatic nitrogens is 1. The van der Waals surface area contributed by atoms with E-state index in [4.69, 9.17) is 4.74 Å². The van der Waals surface area contributed by atoms with Crippen LogP contribution in [0.5, 0.6) is 5.75 Å². The first-order valence-electron chi connectivity index (χ1n) is 8.94. The molecule has 5 heteroatoms. The lowest BCUT2D eigenvalue weighted by Gasteiger charge is -2.10. The SMILES string of the molecule is COc1cccc(-c2cc(C(=O)NCCN(C)C)c(-c3ccccc3)[nH]2)c1. The van der Waals surface area contributed by atoms with Crippen LogP contribution in [0.3, 0.4) is 0 Å². The number of hydrogen-bond donors (Lipinski definition) is 2. The molecule has 0 aliphatic heterocycles. The summed E-state index contributed by atoms with van der Waals surface area (Å²) in [6, 6.07) is 19.6. The number of nitrogens with zero attached hydrogens (tertiary/aromatic N) is 1. The minimum atomic E-state index is -0.0823. The Morgan fingerprint density at radius 3 is 2.48 bits per heavy atom. The van der Waals surface area contributed by atoms with Gasteiger partial charge in [0.25, 0.3) is 5.91 Å². The molecule has 3 rings (SSSR count). The Labute approximate surface area is 160 Å². The van der Waals surface area contributed by atoms with E-state index in [1.165, 1.54) is 0 Å². The monoisotopic (exact) mass is 363 g/mol. The van der Waals surface area contributed by atoms with E-state index in [9.17, 15) is 4.79 Å². The van der Waals surface area contributed by atoms with E-state index in [-0.39, 0.29) is 5.91 Å². The van der Waals surface area contributed by atoms with Crippen molar-refractivity contribution in [3.8, 4) is 28.3 Å². The fraction of sp³-hybridized carbons (Fsp3) is 0.227. The fourth-order valence-corrected chi connectivity index (χ4v) is 2.90. The van der Waals surface area contributed by atoms with E-state index in [1.807, 2.05) is 79.7 Å². The minimum absolute atomic E-state index is 0.0823. The number of benzene rings is 2. The highest BCUT2D eigenvalue weighted by Crippen LogP contribution is 2.30. The Kier molecular flexibility index (Phi) is 5.94. The molecule has 140 valence electrons. The number of carbonyl (C=O) groups is 1. The number of nitrogens with one attached hydrogen (secondary N) is 2.